The highest BCUT2D eigenvalue weighted by Crippen LogP contribution is 2.51. The van der Waals surface area contributed by atoms with Gasteiger partial charge in [-0.05, 0) is 6.42 Å². The lowest BCUT2D eigenvalue weighted by atomic mass is 10.3. The zero-order chi connectivity index (χ0) is 12.6. The first-order valence-electron chi connectivity index (χ1n) is 4.41. The fourth-order valence-electron chi connectivity index (χ4n) is 1.27. The van der Waals surface area contributed by atoms with Crippen LogP contribution in [-0.2, 0) is 0 Å². The molecule has 0 fully saturated rings. The Balaban J connectivity index is 2.93. The summed E-state index contributed by atoms with van der Waals surface area (Å²) in [7, 11) is 0. The molecule has 9 heteroatoms. The highest BCUT2D eigenvalue weighted by molar-refractivity contribution is 9.07. The van der Waals surface area contributed by atoms with Crippen molar-refractivity contribution in [2.24, 2.45) is 5.10 Å². The SMILES string of the molecule is CCCN1N=CN(Br)C1C(Cl)(Cl)C(Cl)(Cl)Cl. The molecule has 0 aliphatic carbocycles. The normalized spacial score (nSPS) is 22.1. The van der Waals surface area contributed by atoms with E-state index >= 15 is 0 Å². The Hall–Kier alpha value is 1.20. The van der Waals surface area contributed by atoms with Gasteiger partial charge in [0.25, 0.3) is 0 Å². The van der Waals surface area contributed by atoms with Gasteiger partial charge in [-0.2, -0.15) is 5.10 Å². The summed E-state index contributed by atoms with van der Waals surface area (Å²) in [6, 6.07) is 0. The van der Waals surface area contributed by atoms with E-state index in [0.717, 1.165) is 6.42 Å². The lowest BCUT2D eigenvalue weighted by Gasteiger charge is -2.39. The summed E-state index contributed by atoms with van der Waals surface area (Å²) in [6.45, 7) is 2.66. The summed E-state index contributed by atoms with van der Waals surface area (Å²) in [5.74, 6) is 0. The third-order valence-electron chi connectivity index (χ3n) is 1.98. The molecule has 0 radical (unpaired) electrons. The van der Waals surface area contributed by atoms with Crippen LogP contribution in [0, 0.1) is 0 Å². The Labute approximate surface area is 128 Å². The molecule has 0 spiro atoms. The molecule has 3 nitrogen and oxygen atoms in total. The second kappa shape index (κ2) is 5.45. The topological polar surface area (TPSA) is 18.8 Å². The molecule has 1 heterocycles. The van der Waals surface area contributed by atoms with E-state index in [0.29, 0.717) is 6.54 Å². The molecule has 0 saturated heterocycles. The van der Waals surface area contributed by atoms with Crippen LogP contribution >= 0.6 is 74.2 Å². The van der Waals surface area contributed by atoms with E-state index in [2.05, 4.69) is 21.2 Å². The van der Waals surface area contributed by atoms with Gasteiger partial charge in [0.05, 0.1) is 16.1 Å². The molecule has 0 aromatic rings. The van der Waals surface area contributed by atoms with Gasteiger partial charge in [0.2, 0.25) is 8.13 Å². The number of alkyl halides is 5. The quantitative estimate of drug-likeness (QED) is 0.531. The number of hydrazone groups is 1. The monoisotopic (exact) mass is 389 g/mol. The summed E-state index contributed by atoms with van der Waals surface area (Å²) >= 11 is 32.8. The lowest BCUT2D eigenvalue weighted by molar-refractivity contribution is 0.165. The van der Waals surface area contributed by atoms with Crippen LogP contribution < -0.4 is 0 Å². The number of hydrogen-bond acceptors (Lipinski definition) is 3. The maximum atomic E-state index is 6.12. The predicted molar refractivity (Wildman–Crippen MR) is 74.8 cm³/mol. The van der Waals surface area contributed by atoms with E-state index < -0.39 is 14.3 Å². The van der Waals surface area contributed by atoms with Crippen molar-refractivity contribution >= 4 is 80.5 Å². The molecular weight excluding hydrogens is 383 g/mol. The third kappa shape index (κ3) is 2.96. The molecule has 0 aromatic carbocycles. The van der Waals surface area contributed by atoms with Gasteiger partial charge in [-0.25, -0.2) is 0 Å². The number of nitrogens with zero attached hydrogens (tertiary/aromatic N) is 3. The molecule has 1 atom stereocenters. The molecule has 0 amide bonds. The van der Waals surface area contributed by atoms with E-state index in [1.165, 1.54) is 10.3 Å². The molecule has 1 aliphatic heterocycles. The van der Waals surface area contributed by atoms with Gasteiger partial charge in [-0.3, -0.25) is 8.93 Å². The Bertz CT molecular complexity index is 280. The average Bonchev–Trinajstić information content (AvgIpc) is 2.46. The van der Waals surface area contributed by atoms with Crippen molar-refractivity contribution in [3.05, 3.63) is 0 Å². The Morgan fingerprint density at radius 2 is 1.88 bits per heavy atom. The third-order valence-corrected chi connectivity index (χ3v) is 4.98. The molecule has 94 valence electrons. The minimum absolute atomic E-state index is 0.580. The van der Waals surface area contributed by atoms with Crippen LogP contribution in [0.1, 0.15) is 13.3 Å². The van der Waals surface area contributed by atoms with Crippen molar-refractivity contribution in [1.29, 1.82) is 0 Å². The Morgan fingerprint density at radius 3 is 2.31 bits per heavy atom. The van der Waals surface area contributed by atoms with Gasteiger partial charge in [0.1, 0.15) is 6.34 Å². The Morgan fingerprint density at radius 1 is 1.31 bits per heavy atom. The smallest absolute Gasteiger partial charge is 0.227 e. The molecule has 1 rings (SSSR count). The van der Waals surface area contributed by atoms with E-state index in [-0.39, 0.29) is 0 Å². The van der Waals surface area contributed by atoms with Gasteiger partial charge in [-0.1, -0.05) is 64.9 Å². The van der Waals surface area contributed by atoms with E-state index in [1.807, 2.05) is 6.92 Å². The predicted octanol–water partition coefficient (Wildman–Crippen LogP) is 4.14. The first-order chi connectivity index (χ1) is 7.21. The van der Waals surface area contributed by atoms with Crippen LogP contribution in [0.15, 0.2) is 5.10 Å². The number of hydrogen-bond donors (Lipinski definition) is 0. The summed E-state index contributed by atoms with van der Waals surface area (Å²) in [5, 5.41) is 5.77. The molecule has 1 unspecified atom stereocenters. The second-order valence-electron chi connectivity index (χ2n) is 3.23. The van der Waals surface area contributed by atoms with Crippen molar-refractivity contribution in [3.8, 4) is 0 Å². The van der Waals surface area contributed by atoms with Crippen molar-refractivity contribution in [3.63, 3.8) is 0 Å². The van der Waals surface area contributed by atoms with Crippen molar-refractivity contribution in [2.45, 2.75) is 27.6 Å². The standard InChI is InChI=1S/C7H9BrCl5N3/c1-2-3-16-5(15(8)4-14-16)6(9,10)7(11,12)13/h4-5H,2-3H2,1H3. The van der Waals surface area contributed by atoms with Crippen LogP contribution in [0.4, 0.5) is 0 Å². The van der Waals surface area contributed by atoms with Gasteiger partial charge >= 0.3 is 0 Å². The molecule has 1 aliphatic rings. The van der Waals surface area contributed by atoms with Gasteiger partial charge in [0, 0.05) is 6.54 Å². The van der Waals surface area contributed by atoms with Crippen molar-refractivity contribution < 1.29 is 0 Å². The summed E-state index contributed by atoms with van der Waals surface area (Å²) in [4.78, 5) is 0. The van der Waals surface area contributed by atoms with Crippen LogP contribution in [0.5, 0.6) is 0 Å². The van der Waals surface area contributed by atoms with Gasteiger partial charge < -0.3 is 0 Å². The van der Waals surface area contributed by atoms with Crippen molar-refractivity contribution in [1.82, 2.24) is 8.93 Å². The molecule has 16 heavy (non-hydrogen) atoms. The second-order valence-corrected chi connectivity index (χ2v) is 7.72. The number of halogens is 6. The minimum atomic E-state index is -1.83. The Kier molecular flexibility index (Phi) is 5.20. The molecule has 0 saturated carbocycles. The first-order valence-corrected chi connectivity index (χ1v) is 7.01. The van der Waals surface area contributed by atoms with Gasteiger partial charge in [0.15, 0.2) is 6.17 Å². The maximum absolute atomic E-state index is 6.12. The fraction of sp³-hybridized carbons (Fsp3) is 0.857. The fourth-order valence-corrected chi connectivity index (χ4v) is 2.83. The maximum Gasteiger partial charge on any atom is 0.227 e. The van der Waals surface area contributed by atoms with Crippen molar-refractivity contribution in [2.75, 3.05) is 6.54 Å². The average molecular weight is 392 g/mol. The number of rotatable bonds is 3. The molecule has 0 bridgehead atoms. The van der Waals surface area contributed by atoms with Crippen LogP contribution in [-0.4, -0.2) is 36.1 Å². The van der Waals surface area contributed by atoms with Crippen LogP contribution in [0.3, 0.4) is 0 Å². The minimum Gasteiger partial charge on any atom is -0.271 e. The van der Waals surface area contributed by atoms with E-state index in [9.17, 15) is 0 Å². The van der Waals surface area contributed by atoms with E-state index in [4.69, 9.17) is 58.0 Å². The molecule has 0 aromatic heterocycles. The summed E-state index contributed by atoms with van der Waals surface area (Å²) in [5.41, 5.74) is 0. The summed E-state index contributed by atoms with van der Waals surface area (Å²) in [6.07, 6.45) is 1.82. The molecular formula is C7H9BrCl5N3. The lowest BCUT2D eigenvalue weighted by Crippen LogP contribution is -2.54. The van der Waals surface area contributed by atoms with Crippen LogP contribution in [0.2, 0.25) is 0 Å². The zero-order valence-electron chi connectivity index (χ0n) is 8.18. The first kappa shape index (κ1) is 15.3. The highest BCUT2D eigenvalue weighted by Gasteiger charge is 2.57. The van der Waals surface area contributed by atoms with Gasteiger partial charge in [-0.15, -0.1) is 0 Å². The summed E-state index contributed by atoms with van der Waals surface area (Å²) < 4.78 is -1.91. The highest BCUT2D eigenvalue weighted by atomic mass is 79.9. The zero-order valence-corrected chi connectivity index (χ0v) is 13.5. The largest absolute Gasteiger partial charge is 0.271 e. The van der Waals surface area contributed by atoms with Crippen LogP contribution in [0.25, 0.3) is 0 Å². The van der Waals surface area contributed by atoms with E-state index in [1.54, 1.807) is 5.01 Å². The molecule has 0 N–H and O–H groups in total.